The fraction of sp³-hybridized carbons (Fsp3) is 1.00. The summed E-state index contributed by atoms with van der Waals surface area (Å²) in [7, 11) is 3.95. The van der Waals surface area contributed by atoms with E-state index in [4.69, 9.17) is 10.5 Å². The zero-order valence-corrected chi connectivity index (χ0v) is 12.0. The number of ether oxygens (including phenoxy) is 1. The van der Waals surface area contributed by atoms with Gasteiger partial charge in [0.05, 0.1) is 5.60 Å². The van der Waals surface area contributed by atoms with E-state index in [1.807, 2.05) is 0 Å². The Morgan fingerprint density at radius 3 is 2.47 bits per heavy atom. The number of nitrogens with zero attached hydrogens (tertiary/aromatic N) is 1. The van der Waals surface area contributed by atoms with Gasteiger partial charge in [-0.05, 0) is 52.6 Å². The minimum Gasteiger partial charge on any atom is -0.377 e. The molecule has 1 saturated carbocycles. The lowest BCUT2D eigenvalue weighted by Gasteiger charge is -2.31. The van der Waals surface area contributed by atoms with Crippen molar-refractivity contribution in [3.05, 3.63) is 0 Å². The largest absolute Gasteiger partial charge is 0.377 e. The summed E-state index contributed by atoms with van der Waals surface area (Å²) in [5, 5.41) is 0. The molecule has 0 radical (unpaired) electrons. The van der Waals surface area contributed by atoms with Crippen molar-refractivity contribution in [2.75, 3.05) is 27.2 Å². The fourth-order valence-electron chi connectivity index (χ4n) is 2.58. The Bertz CT molecular complexity index is 212. The molecule has 0 heterocycles. The molecule has 0 bridgehead atoms. The van der Waals surface area contributed by atoms with E-state index >= 15 is 0 Å². The van der Waals surface area contributed by atoms with Crippen molar-refractivity contribution >= 4 is 0 Å². The van der Waals surface area contributed by atoms with E-state index in [1.54, 1.807) is 7.11 Å². The topological polar surface area (TPSA) is 38.5 Å². The van der Waals surface area contributed by atoms with Gasteiger partial charge in [0.1, 0.15) is 0 Å². The summed E-state index contributed by atoms with van der Waals surface area (Å²) in [5.41, 5.74) is 5.95. The van der Waals surface area contributed by atoms with Gasteiger partial charge >= 0.3 is 0 Å². The molecule has 1 fully saturated rings. The second-order valence-corrected chi connectivity index (χ2v) is 6.12. The van der Waals surface area contributed by atoms with Crippen LogP contribution in [0.3, 0.4) is 0 Å². The van der Waals surface area contributed by atoms with Crippen LogP contribution in [-0.2, 0) is 4.74 Å². The first-order valence-electron chi connectivity index (χ1n) is 6.95. The highest BCUT2D eigenvalue weighted by molar-refractivity contribution is 4.83. The third kappa shape index (κ3) is 4.94. The summed E-state index contributed by atoms with van der Waals surface area (Å²) >= 11 is 0. The average molecular weight is 242 g/mol. The molecule has 17 heavy (non-hydrogen) atoms. The minimum atomic E-state index is -0.214. The van der Waals surface area contributed by atoms with Crippen molar-refractivity contribution in [3.63, 3.8) is 0 Å². The summed E-state index contributed by atoms with van der Waals surface area (Å²) in [6.07, 6.45) is 6.69. The third-order valence-corrected chi connectivity index (χ3v) is 4.29. The molecule has 0 spiro atoms. The van der Waals surface area contributed by atoms with Crippen molar-refractivity contribution < 1.29 is 4.74 Å². The molecule has 0 aromatic heterocycles. The SMILES string of the molecule is COC(C)(C)C(N)CCN(C)CC1CCCC1. The van der Waals surface area contributed by atoms with Crippen molar-refractivity contribution in [2.24, 2.45) is 11.7 Å². The summed E-state index contributed by atoms with van der Waals surface area (Å²) in [4.78, 5) is 2.43. The maximum atomic E-state index is 6.17. The molecule has 3 nitrogen and oxygen atoms in total. The molecule has 0 aliphatic heterocycles. The molecule has 0 saturated heterocycles. The molecule has 102 valence electrons. The Morgan fingerprint density at radius 2 is 1.94 bits per heavy atom. The molecular weight excluding hydrogens is 212 g/mol. The summed E-state index contributed by atoms with van der Waals surface area (Å²) in [5.74, 6) is 0.923. The van der Waals surface area contributed by atoms with E-state index < -0.39 is 0 Å². The van der Waals surface area contributed by atoms with Crippen LogP contribution in [0.5, 0.6) is 0 Å². The van der Waals surface area contributed by atoms with Crippen LogP contribution in [0.4, 0.5) is 0 Å². The molecule has 1 aliphatic rings. The molecule has 0 aromatic carbocycles. The van der Waals surface area contributed by atoms with Crippen LogP contribution in [0, 0.1) is 5.92 Å². The van der Waals surface area contributed by atoms with Gasteiger partial charge in [-0.15, -0.1) is 0 Å². The molecule has 2 N–H and O–H groups in total. The second kappa shape index (κ2) is 6.72. The van der Waals surface area contributed by atoms with Gasteiger partial charge in [0.25, 0.3) is 0 Å². The second-order valence-electron chi connectivity index (χ2n) is 6.12. The van der Waals surface area contributed by atoms with Crippen molar-refractivity contribution in [2.45, 2.75) is 57.6 Å². The fourth-order valence-corrected chi connectivity index (χ4v) is 2.58. The highest BCUT2D eigenvalue weighted by Gasteiger charge is 2.26. The van der Waals surface area contributed by atoms with Gasteiger partial charge in [-0.25, -0.2) is 0 Å². The average Bonchev–Trinajstić information content (AvgIpc) is 2.78. The molecule has 0 amide bonds. The van der Waals surface area contributed by atoms with Crippen LogP contribution in [0.2, 0.25) is 0 Å². The van der Waals surface area contributed by atoms with Crippen molar-refractivity contribution in [3.8, 4) is 0 Å². The maximum Gasteiger partial charge on any atom is 0.0773 e. The van der Waals surface area contributed by atoms with Crippen LogP contribution >= 0.6 is 0 Å². The third-order valence-electron chi connectivity index (χ3n) is 4.29. The molecule has 1 rings (SSSR count). The van der Waals surface area contributed by atoms with Crippen LogP contribution in [-0.4, -0.2) is 43.8 Å². The highest BCUT2D eigenvalue weighted by Crippen LogP contribution is 2.25. The Hall–Kier alpha value is -0.120. The Kier molecular flexibility index (Phi) is 5.90. The highest BCUT2D eigenvalue weighted by atomic mass is 16.5. The Balaban J connectivity index is 2.20. The van der Waals surface area contributed by atoms with Crippen molar-refractivity contribution in [1.29, 1.82) is 0 Å². The lowest BCUT2D eigenvalue weighted by molar-refractivity contribution is -0.00342. The van der Waals surface area contributed by atoms with Gasteiger partial charge in [0.15, 0.2) is 0 Å². The van der Waals surface area contributed by atoms with Crippen LogP contribution in [0.1, 0.15) is 46.0 Å². The number of hydrogen-bond acceptors (Lipinski definition) is 3. The minimum absolute atomic E-state index is 0.110. The predicted octanol–water partition coefficient (Wildman–Crippen LogP) is 2.25. The van der Waals surface area contributed by atoms with Crippen LogP contribution in [0.25, 0.3) is 0 Å². The van der Waals surface area contributed by atoms with Gasteiger partial charge in [0.2, 0.25) is 0 Å². The quantitative estimate of drug-likeness (QED) is 0.744. The monoisotopic (exact) mass is 242 g/mol. The number of rotatable bonds is 7. The molecule has 3 heteroatoms. The predicted molar refractivity (Wildman–Crippen MR) is 73.1 cm³/mol. The number of methoxy groups -OCH3 is 1. The zero-order valence-electron chi connectivity index (χ0n) is 12.0. The van der Waals surface area contributed by atoms with E-state index in [0.29, 0.717) is 0 Å². The maximum absolute atomic E-state index is 6.17. The van der Waals surface area contributed by atoms with Gasteiger partial charge in [-0.2, -0.15) is 0 Å². The molecule has 1 atom stereocenters. The Labute approximate surface area is 107 Å². The first kappa shape index (κ1) is 14.9. The van der Waals surface area contributed by atoms with E-state index in [0.717, 1.165) is 18.9 Å². The number of nitrogens with two attached hydrogens (primary N) is 1. The lowest BCUT2D eigenvalue weighted by atomic mass is 9.96. The number of hydrogen-bond donors (Lipinski definition) is 1. The molecule has 0 aromatic rings. The molecule has 1 aliphatic carbocycles. The van der Waals surface area contributed by atoms with Crippen LogP contribution < -0.4 is 5.73 Å². The van der Waals surface area contributed by atoms with Crippen LogP contribution in [0.15, 0.2) is 0 Å². The smallest absolute Gasteiger partial charge is 0.0773 e. The van der Waals surface area contributed by atoms with Gasteiger partial charge in [0, 0.05) is 19.7 Å². The van der Waals surface area contributed by atoms with Gasteiger partial charge in [-0.1, -0.05) is 12.8 Å². The summed E-state index contributed by atoms with van der Waals surface area (Å²) in [6.45, 7) is 6.44. The lowest BCUT2D eigenvalue weighted by Crippen LogP contribution is -2.46. The van der Waals surface area contributed by atoms with E-state index in [9.17, 15) is 0 Å². The van der Waals surface area contributed by atoms with E-state index in [-0.39, 0.29) is 11.6 Å². The zero-order chi connectivity index (χ0) is 12.9. The Morgan fingerprint density at radius 1 is 1.35 bits per heavy atom. The normalized spacial score (nSPS) is 20.1. The first-order valence-corrected chi connectivity index (χ1v) is 6.95. The van der Waals surface area contributed by atoms with E-state index in [1.165, 1.54) is 32.2 Å². The van der Waals surface area contributed by atoms with Crippen molar-refractivity contribution in [1.82, 2.24) is 4.90 Å². The first-order chi connectivity index (χ1) is 7.95. The van der Waals surface area contributed by atoms with Gasteiger partial charge in [-0.3, -0.25) is 0 Å². The van der Waals surface area contributed by atoms with Gasteiger partial charge < -0.3 is 15.4 Å². The molecule has 1 unspecified atom stereocenters. The summed E-state index contributed by atoms with van der Waals surface area (Å²) in [6, 6.07) is 0.110. The summed E-state index contributed by atoms with van der Waals surface area (Å²) < 4.78 is 5.42. The molecular formula is C14H30N2O. The van der Waals surface area contributed by atoms with E-state index in [2.05, 4.69) is 25.8 Å². The standard InChI is InChI=1S/C14H30N2O/c1-14(2,17-4)13(15)9-10-16(3)11-12-7-5-6-8-12/h12-13H,5-11,15H2,1-4H3.